The topological polar surface area (TPSA) is 34.9 Å². The third kappa shape index (κ3) is 1.23. The molecule has 1 rings (SSSR count). The van der Waals surface area contributed by atoms with Crippen molar-refractivity contribution in [3.63, 3.8) is 0 Å². The van der Waals surface area contributed by atoms with Crippen molar-refractivity contribution in [1.29, 1.82) is 0 Å². The summed E-state index contributed by atoms with van der Waals surface area (Å²) in [6.07, 6.45) is 0. The molecule has 0 amide bonds. The average molecular weight is 144 g/mol. The zero-order valence-electron chi connectivity index (χ0n) is 6.46. The van der Waals surface area contributed by atoms with E-state index in [-0.39, 0.29) is 11.6 Å². The Labute approximate surface area is 67.6 Å². The highest BCUT2D eigenvalue weighted by Gasteiger charge is 2.08. The second-order valence-electron chi connectivity index (χ2n) is 2.30. The van der Waals surface area contributed by atoms with Crippen molar-refractivity contribution in [1.82, 2.24) is 9.55 Å². The number of nitrogens with zero attached hydrogens (tertiary/aromatic N) is 2. The molecule has 0 bridgehead atoms. The molecule has 1 aromatic heterocycles. The second kappa shape index (κ2) is 2.57. The van der Waals surface area contributed by atoms with Crippen LogP contribution < -0.4 is 11.3 Å². The second-order valence-corrected chi connectivity index (χ2v) is 2.30. The molecule has 5 heteroatoms. The van der Waals surface area contributed by atoms with Crippen molar-refractivity contribution in [3.8, 4) is 0 Å². The molecule has 0 aromatic carbocycles. The van der Waals surface area contributed by atoms with Crippen molar-refractivity contribution in [2.24, 2.45) is 0 Å². The maximum atomic E-state index is 10.9. The van der Waals surface area contributed by atoms with Gasteiger partial charge in [-0.2, -0.15) is 0 Å². The number of rotatable bonds is 0. The quantitative estimate of drug-likeness (QED) is 0.412. The molecular weight excluding hydrogens is 138 g/mol. The molecule has 0 saturated carbocycles. The zero-order chi connectivity index (χ0) is 8.59. The molecule has 52 valence electrons. The third-order valence-corrected chi connectivity index (χ3v) is 1.44. The van der Waals surface area contributed by atoms with Gasteiger partial charge in [-0.25, -0.2) is 0 Å². The largest absolute Gasteiger partial charge is 0.291 e. The molecule has 0 aliphatic heterocycles. The molecule has 0 fully saturated rings. The number of imidazole rings is 1. The van der Waals surface area contributed by atoms with Crippen molar-refractivity contribution < 1.29 is 4.79 Å². The molecule has 0 N–H and O–H groups in total. The van der Waals surface area contributed by atoms with Crippen molar-refractivity contribution >= 4 is 32.9 Å². The van der Waals surface area contributed by atoms with Crippen LogP contribution in [-0.4, -0.2) is 31.2 Å². The highest BCUT2D eigenvalue weighted by molar-refractivity contribution is 6.37. The van der Waals surface area contributed by atoms with Crippen LogP contribution in [0, 0.1) is 6.92 Å². The lowest BCUT2D eigenvalue weighted by atomic mass is 10.0. The third-order valence-electron chi connectivity index (χ3n) is 1.44. The maximum absolute atomic E-state index is 10.9. The predicted octanol–water partition coefficient (Wildman–Crippen LogP) is -1.56. The van der Waals surface area contributed by atoms with Crippen molar-refractivity contribution in [2.75, 3.05) is 0 Å². The summed E-state index contributed by atoms with van der Waals surface area (Å²) in [5.74, 6) is -0.222. The summed E-state index contributed by atoms with van der Waals surface area (Å²) < 4.78 is 1.18. The molecule has 0 saturated heterocycles. The lowest BCUT2D eigenvalue weighted by molar-refractivity contribution is 0.0943. The van der Waals surface area contributed by atoms with Crippen molar-refractivity contribution in [3.05, 3.63) is 5.69 Å². The molecule has 11 heavy (non-hydrogen) atoms. The summed E-state index contributed by atoms with van der Waals surface area (Å²) in [6.45, 7) is 3.08. The van der Waals surface area contributed by atoms with Gasteiger partial charge in [0.1, 0.15) is 7.85 Å². The SMILES string of the molecule is [B]c1nc(C)c([B])n1C(C)=O. The van der Waals surface area contributed by atoms with E-state index in [1.165, 1.54) is 11.5 Å². The number of hydrogen-bond acceptors (Lipinski definition) is 2. The van der Waals surface area contributed by atoms with E-state index >= 15 is 0 Å². The van der Waals surface area contributed by atoms with E-state index in [1.807, 2.05) is 0 Å². The Kier molecular flexibility index (Phi) is 1.89. The van der Waals surface area contributed by atoms with Gasteiger partial charge in [0.15, 0.2) is 7.85 Å². The summed E-state index contributed by atoms with van der Waals surface area (Å²) in [5.41, 5.74) is 1.04. The summed E-state index contributed by atoms with van der Waals surface area (Å²) in [6, 6.07) is 0. The molecule has 1 aromatic rings. The van der Waals surface area contributed by atoms with Gasteiger partial charge in [0, 0.05) is 12.6 Å². The average Bonchev–Trinajstić information content (AvgIpc) is 2.07. The van der Waals surface area contributed by atoms with Crippen LogP contribution in [0.1, 0.15) is 17.4 Å². The first kappa shape index (κ1) is 8.11. The Hall–Kier alpha value is -0.990. The highest BCUT2D eigenvalue weighted by Crippen LogP contribution is 1.84. The van der Waals surface area contributed by atoms with Gasteiger partial charge in [0.05, 0.1) is 5.72 Å². The maximum Gasteiger partial charge on any atom is 0.227 e. The van der Waals surface area contributed by atoms with Crippen LogP contribution >= 0.6 is 0 Å². The van der Waals surface area contributed by atoms with Gasteiger partial charge >= 0.3 is 0 Å². The predicted molar refractivity (Wildman–Crippen MR) is 44.0 cm³/mol. The van der Waals surface area contributed by atoms with Gasteiger partial charge in [-0.3, -0.25) is 14.3 Å². The van der Waals surface area contributed by atoms with Gasteiger partial charge in [0.25, 0.3) is 0 Å². The molecular formula is C6H6B2N2O. The van der Waals surface area contributed by atoms with E-state index in [4.69, 9.17) is 15.7 Å². The van der Waals surface area contributed by atoms with Crippen LogP contribution in [0.4, 0.5) is 0 Å². The number of carbonyl (C=O) groups is 1. The molecule has 0 aliphatic rings. The lowest BCUT2D eigenvalue weighted by Gasteiger charge is -2.01. The van der Waals surface area contributed by atoms with Gasteiger partial charge < -0.3 is 0 Å². The highest BCUT2D eigenvalue weighted by atomic mass is 16.1. The fraction of sp³-hybridized carbons (Fsp3) is 0.333. The number of aromatic nitrogens is 2. The Morgan fingerprint density at radius 2 is 2.09 bits per heavy atom. The Morgan fingerprint density at radius 3 is 2.27 bits per heavy atom. The smallest absolute Gasteiger partial charge is 0.227 e. The number of carbonyl (C=O) groups excluding carboxylic acids is 1. The molecule has 0 spiro atoms. The van der Waals surface area contributed by atoms with Crippen LogP contribution in [0.3, 0.4) is 0 Å². The minimum atomic E-state index is -0.222. The van der Waals surface area contributed by atoms with Gasteiger partial charge in [-0.05, 0) is 12.5 Å². The summed E-state index contributed by atoms with van der Waals surface area (Å²) in [7, 11) is 10.9. The Bertz CT molecular complexity index is 306. The summed E-state index contributed by atoms with van der Waals surface area (Å²) in [4.78, 5) is 14.7. The summed E-state index contributed by atoms with van der Waals surface area (Å²) >= 11 is 0. The molecule has 0 unspecified atom stereocenters. The minimum absolute atomic E-state index is 0.146. The first-order chi connectivity index (χ1) is 5.04. The molecule has 0 atom stereocenters. The number of aryl methyl sites for hydroxylation is 1. The standard InChI is InChI=1S/C6H6B2N2O/c1-3-5(7)10(4(2)11)6(8)9-3/h1-2H3. The fourth-order valence-electron chi connectivity index (χ4n) is 0.895. The monoisotopic (exact) mass is 144 g/mol. The normalized spacial score (nSPS) is 10.0. The van der Waals surface area contributed by atoms with Gasteiger partial charge in [-0.15, -0.1) is 0 Å². The van der Waals surface area contributed by atoms with E-state index in [0.717, 1.165) is 0 Å². The zero-order valence-corrected chi connectivity index (χ0v) is 6.46. The van der Waals surface area contributed by atoms with E-state index in [2.05, 4.69) is 4.98 Å². The fourth-order valence-corrected chi connectivity index (χ4v) is 0.895. The first-order valence-corrected chi connectivity index (χ1v) is 3.15. The van der Waals surface area contributed by atoms with E-state index in [9.17, 15) is 4.79 Å². The number of hydrogen-bond donors (Lipinski definition) is 0. The minimum Gasteiger partial charge on any atom is -0.291 e. The molecule has 0 aliphatic carbocycles. The van der Waals surface area contributed by atoms with Crippen molar-refractivity contribution in [2.45, 2.75) is 13.8 Å². The Morgan fingerprint density at radius 1 is 1.55 bits per heavy atom. The lowest BCUT2D eigenvalue weighted by Crippen LogP contribution is -2.32. The van der Waals surface area contributed by atoms with Crippen LogP contribution in [0.5, 0.6) is 0 Å². The van der Waals surface area contributed by atoms with E-state index in [0.29, 0.717) is 11.3 Å². The first-order valence-electron chi connectivity index (χ1n) is 3.15. The van der Waals surface area contributed by atoms with Crippen LogP contribution in [-0.2, 0) is 0 Å². The van der Waals surface area contributed by atoms with Crippen LogP contribution in [0.25, 0.3) is 0 Å². The van der Waals surface area contributed by atoms with Crippen LogP contribution in [0.2, 0.25) is 0 Å². The summed E-state index contributed by atoms with van der Waals surface area (Å²) in [5, 5.41) is 0. The molecule has 4 radical (unpaired) electrons. The van der Waals surface area contributed by atoms with Gasteiger partial charge in [0.2, 0.25) is 5.91 Å². The van der Waals surface area contributed by atoms with E-state index < -0.39 is 0 Å². The van der Waals surface area contributed by atoms with Crippen LogP contribution in [0.15, 0.2) is 0 Å². The molecule has 1 heterocycles. The van der Waals surface area contributed by atoms with Gasteiger partial charge in [-0.1, -0.05) is 0 Å². The Balaban J connectivity index is 3.34. The van der Waals surface area contributed by atoms with E-state index in [1.54, 1.807) is 6.92 Å². The molecule has 3 nitrogen and oxygen atoms in total.